The zero-order chi connectivity index (χ0) is 11.7. The van der Waals surface area contributed by atoms with E-state index < -0.39 is 0 Å². The molecular weight excluding hydrogens is 190 g/mol. The Morgan fingerprint density at radius 3 is 2.40 bits per heavy atom. The molecule has 0 aromatic carbocycles. The minimum Gasteiger partial charge on any atom is -0.399 e. The zero-order valence-electron chi connectivity index (χ0n) is 10.4. The number of unbranched alkanes of at least 4 members (excludes halogenated alkanes) is 1. The van der Waals surface area contributed by atoms with Crippen LogP contribution in [0.15, 0.2) is 5.16 Å². The van der Waals surface area contributed by atoms with E-state index in [1.807, 2.05) is 13.8 Å². The van der Waals surface area contributed by atoms with Gasteiger partial charge in [0.1, 0.15) is 12.9 Å². The highest BCUT2D eigenvalue weighted by Gasteiger charge is 2.09. The van der Waals surface area contributed by atoms with E-state index in [1.165, 1.54) is 0 Å². The highest BCUT2D eigenvalue weighted by Crippen LogP contribution is 2.07. The molecule has 0 aliphatic heterocycles. The van der Waals surface area contributed by atoms with Crippen molar-refractivity contribution in [3.63, 3.8) is 0 Å². The number of carbonyl (C=O) groups excluding carboxylic acids is 1. The molecule has 88 valence electrons. The highest BCUT2D eigenvalue weighted by molar-refractivity contribution is 5.89. The number of nitrogens with zero attached hydrogens (tertiary/aromatic N) is 1. The van der Waals surface area contributed by atoms with Crippen molar-refractivity contribution < 1.29 is 9.63 Å². The topological polar surface area (TPSA) is 38.7 Å². The standard InChI is InChI=1S/C12H23NO2/c1-5-6-7-11(13-15-4)8-9-12(14)10(2)3/h10H,5-9H2,1-4H3/b13-11-. The summed E-state index contributed by atoms with van der Waals surface area (Å²) in [5.41, 5.74) is 1.01. The van der Waals surface area contributed by atoms with Crippen LogP contribution >= 0.6 is 0 Å². The third-order valence-corrected chi connectivity index (χ3v) is 2.34. The normalized spacial score (nSPS) is 11.9. The number of ketones is 1. The Bertz CT molecular complexity index is 210. The molecule has 0 atom stereocenters. The molecule has 0 heterocycles. The summed E-state index contributed by atoms with van der Waals surface area (Å²) in [6.07, 6.45) is 4.52. The molecule has 0 fully saturated rings. The summed E-state index contributed by atoms with van der Waals surface area (Å²) in [6, 6.07) is 0. The van der Waals surface area contributed by atoms with Gasteiger partial charge in [-0.1, -0.05) is 32.3 Å². The molecule has 0 N–H and O–H groups in total. The van der Waals surface area contributed by atoms with Crippen molar-refractivity contribution in [1.29, 1.82) is 0 Å². The number of hydrogen-bond acceptors (Lipinski definition) is 3. The van der Waals surface area contributed by atoms with Gasteiger partial charge in [-0.05, 0) is 19.3 Å². The SMILES string of the molecule is CCCC/C(CCC(=O)C(C)C)=N/OC. The van der Waals surface area contributed by atoms with Crippen LogP contribution in [0.2, 0.25) is 0 Å². The Balaban J connectivity index is 3.96. The van der Waals surface area contributed by atoms with Crippen LogP contribution in [0.3, 0.4) is 0 Å². The summed E-state index contributed by atoms with van der Waals surface area (Å²) in [4.78, 5) is 16.2. The predicted molar refractivity (Wildman–Crippen MR) is 63.0 cm³/mol. The molecule has 0 radical (unpaired) electrons. The second kappa shape index (κ2) is 8.45. The molecular formula is C12H23NO2. The van der Waals surface area contributed by atoms with Crippen LogP contribution in [0.5, 0.6) is 0 Å². The smallest absolute Gasteiger partial charge is 0.135 e. The minimum absolute atomic E-state index is 0.125. The molecule has 3 nitrogen and oxygen atoms in total. The highest BCUT2D eigenvalue weighted by atomic mass is 16.6. The Kier molecular flexibility index (Phi) is 7.96. The van der Waals surface area contributed by atoms with E-state index in [0.29, 0.717) is 12.2 Å². The molecule has 0 saturated carbocycles. The number of oxime groups is 1. The monoisotopic (exact) mass is 213 g/mol. The maximum atomic E-state index is 11.4. The van der Waals surface area contributed by atoms with Crippen LogP contribution in [-0.2, 0) is 9.63 Å². The van der Waals surface area contributed by atoms with Crippen molar-refractivity contribution in [3.8, 4) is 0 Å². The fourth-order valence-corrected chi connectivity index (χ4v) is 1.28. The zero-order valence-corrected chi connectivity index (χ0v) is 10.4. The molecule has 0 aliphatic rings. The molecule has 0 amide bonds. The van der Waals surface area contributed by atoms with Crippen molar-refractivity contribution in [3.05, 3.63) is 0 Å². The molecule has 0 aromatic heterocycles. The van der Waals surface area contributed by atoms with Gasteiger partial charge in [-0.2, -0.15) is 0 Å². The first-order valence-electron chi connectivity index (χ1n) is 5.73. The Hall–Kier alpha value is -0.860. The Morgan fingerprint density at radius 2 is 1.93 bits per heavy atom. The van der Waals surface area contributed by atoms with Crippen LogP contribution in [0.25, 0.3) is 0 Å². The van der Waals surface area contributed by atoms with Gasteiger partial charge in [0.05, 0.1) is 5.71 Å². The number of Topliss-reactive ketones (excluding diaryl/α,β-unsaturated/α-hetero) is 1. The lowest BCUT2D eigenvalue weighted by Gasteiger charge is -2.06. The van der Waals surface area contributed by atoms with Crippen molar-refractivity contribution in [2.24, 2.45) is 11.1 Å². The van der Waals surface area contributed by atoms with Gasteiger partial charge in [-0.25, -0.2) is 0 Å². The van der Waals surface area contributed by atoms with E-state index in [4.69, 9.17) is 4.84 Å². The minimum atomic E-state index is 0.125. The summed E-state index contributed by atoms with van der Waals surface area (Å²) in [5.74, 6) is 0.426. The van der Waals surface area contributed by atoms with Gasteiger partial charge >= 0.3 is 0 Å². The van der Waals surface area contributed by atoms with Gasteiger partial charge in [0.25, 0.3) is 0 Å². The van der Waals surface area contributed by atoms with E-state index in [-0.39, 0.29) is 5.92 Å². The number of rotatable bonds is 8. The third kappa shape index (κ3) is 7.11. The first-order valence-corrected chi connectivity index (χ1v) is 5.73. The predicted octanol–water partition coefficient (Wildman–Crippen LogP) is 3.18. The van der Waals surface area contributed by atoms with E-state index >= 15 is 0 Å². The number of hydrogen-bond donors (Lipinski definition) is 0. The first-order chi connectivity index (χ1) is 7.11. The average molecular weight is 213 g/mol. The maximum absolute atomic E-state index is 11.4. The van der Waals surface area contributed by atoms with E-state index in [2.05, 4.69) is 12.1 Å². The summed E-state index contributed by atoms with van der Waals surface area (Å²) in [7, 11) is 1.55. The quantitative estimate of drug-likeness (QED) is 0.459. The van der Waals surface area contributed by atoms with Gasteiger partial charge in [-0.3, -0.25) is 4.79 Å². The molecule has 0 unspecified atom stereocenters. The average Bonchev–Trinajstić information content (AvgIpc) is 2.21. The molecule has 3 heteroatoms. The summed E-state index contributed by atoms with van der Waals surface area (Å²) in [6.45, 7) is 6.01. The second-order valence-electron chi connectivity index (χ2n) is 4.06. The lowest BCUT2D eigenvalue weighted by atomic mass is 10.0. The molecule has 0 saturated heterocycles. The van der Waals surface area contributed by atoms with Crippen molar-refractivity contribution >= 4 is 11.5 Å². The summed E-state index contributed by atoms with van der Waals surface area (Å²) < 4.78 is 0. The van der Waals surface area contributed by atoms with Gasteiger partial charge in [0, 0.05) is 12.3 Å². The van der Waals surface area contributed by atoms with Gasteiger partial charge in [0.2, 0.25) is 0 Å². The number of carbonyl (C=O) groups is 1. The van der Waals surface area contributed by atoms with Crippen molar-refractivity contribution in [2.75, 3.05) is 7.11 Å². The van der Waals surface area contributed by atoms with Gasteiger partial charge < -0.3 is 4.84 Å². The van der Waals surface area contributed by atoms with Crippen molar-refractivity contribution in [2.45, 2.75) is 52.9 Å². The molecule has 0 aliphatic carbocycles. The molecule has 0 spiro atoms. The van der Waals surface area contributed by atoms with Crippen molar-refractivity contribution in [1.82, 2.24) is 0 Å². The maximum Gasteiger partial charge on any atom is 0.135 e. The fourth-order valence-electron chi connectivity index (χ4n) is 1.28. The van der Waals surface area contributed by atoms with Crippen LogP contribution in [0.4, 0.5) is 0 Å². The summed E-state index contributed by atoms with van der Waals surface area (Å²) >= 11 is 0. The molecule has 15 heavy (non-hydrogen) atoms. The first kappa shape index (κ1) is 14.1. The van der Waals surface area contributed by atoms with Crippen LogP contribution in [0, 0.1) is 5.92 Å². The van der Waals surface area contributed by atoms with Gasteiger partial charge in [0.15, 0.2) is 0 Å². The van der Waals surface area contributed by atoms with Crippen LogP contribution < -0.4 is 0 Å². The largest absolute Gasteiger partial charge is 0.399 e. The van der Waals surface area contributed by atoms with Gasteiger partial charge in [-0.15, -0.1) is 0 Å². The second-order valence-corrected chi connectivity index (χ2v) is 4.06. The van der Waals surface area contributed by atoms with Crippen LogP contribution in [0.1, 0.15) is 52.9 Å². The fraction of sp³-hybridized carbons (Fsp3) is 0.833. The lowest BCUT2D eigenvalue weighted by Crippen LogP contribution is -2.10. The van der Waals surface area contributed by atoms with E-state index in [0.717, 1.165) is 31.4 Å². The summed E-state index contributed by atoms with van der Waals surface area (Å²) in [5, 5.41) is 3.96. The lowest BCUT2D eigenvalue weighted by molar-refractivity contribution is -0.121. The molecule has 0 bridgehead atoms. The Morgan fingerprint density at radius 1 is 1.27 bits per heavy atom. The molecule has 0 aromatic rings. The van der Waals surface area contributed by atoms with Crippen LogP contribution in [-0.4, -0.2) is 18.6 Å². The Labute approximate surface area is 92.9 Å². The molecule has 0 rings (SSSR count). The van der Waals surface area contributed by atoms with E-state index in [9.17, 15) is 4.79 Å². The third-order valence-electron chi connectivity index (χ3n) is 2.34. The van der Waals surface area contributed by atoms with E-state index in [1.54, 1.807) is 7.11 Å².